The van der Waals surface area contributed by atoms with Gasteiger partial charge in [0, 0.05) is 10.7 Å². The Labute approximate surface area is 117 Å². The summed E-state index contributed by atoms with van der Waals surface area (Å²) < 4.78 is 0. The Hall–Kier alpha value is -1.75. The number of carbonyl (C=O) groups excluding carboxylic acids is 1. The number of benzene rings is 1. The maximum Gasteiger partial charge on any atom is 0.326 e. The fourth-order valence-corrected chi connectivity index (χ4v) is 1.65. The summed E-state index contributed by atoms with van der Waals surface area (Å²) in [5.41, 5.74) is 0.551. The van der Waals surface area contributed by atoms with E-state index in [1.165, 1.54) is 0 Å². The Morgan fingerprint density at radius 2 is 1.89 bits per heavy atom. The van der Waals surface area contributed by atoms with Gasteiger partial charge >= 0.3 is 12.0 Å². The molecule has 0 spiro atoms. The first-order chi connectivity index (χ1) is 8.93. The number of carboxylic acid groups (broad SMARTS) is 1. The van der Waals surface area contributed by atoms with Gasteiger partial charge in [0.15, 0.2) is 0 Å². The second-order valence-electron chi connectivity index (χ2n) is 4.31. The molecule has 2 atom stereocenters. The van der Waals surface area contributed by atoms with Gasteiger partial charge in [0.2, 0.25) is 0 Å². The zero-order valence-corrected chi connectivity index (χ0v) is 11.6. The van der Waals surface area contributed by atoms with E-state index in [9.17, 15) is 9.59 Å². The molecule has 0 aliphatic rings. The number of nitrogens with one attached hydrogen (secondary N) is 2. The van der Waals surface area contributed by atoms with Crippen LogP contribution in [0.25, 0.3) is 0 Å². The lowest BCUT2D eigenvalue weighted by Gasteiger charge is -2.20. The monoisotopic (exact) mass is 284 g/mol. The van der Waals surface area contributed by atoms with Crippen LogP contribution in [0.1, 0.15) is 20.3 Å². The molecule has 104 valence electrons. The first-order valence-corrected chi connectivity index (χ1v) is 6.37. The van der Waals surface area contributed by atoms with Gasteiger partial charge in [-0.05, 0) is 30.2 Å². The van der Waals surface area contributed by atoms with Crippen LogP contribution in [0.4, 0.5) is 10.5 Å². The lowest BCUT2D eigenvalue weighted by molar-refractivity contribution is -0.140. The van der Waals surface area contributed by atoms with E-state index in [4.69, 9.17) is 16.7 Å². The summed E-state index contributed by atoms with van der Waals surface area (Å²) in [5.74, 6) is -1.19. The Kier molecular flexibility index (Phi) is 5.63. The van der Waals surface area contributed by atoms with Crippen LogP contribution < -0.4 is 10.6 Å². The van der Waals surface area contributed by atoms with Gasteiger partial charge in [-0.25, -0.2) is 9.59 Å². The predicted molar refractivity (Wildman–Crippen MR) is 74.5 cm³/mol. The van der Waals surface area contributed by atoms with Crippen LogP contribution in [0.5, 0.6) is 0 Å². The summed E-state index contributed by atoms with van der Waals surface area (Å²) in [6.07, 6.45) is 0.665. The first-order valence-electron chi connectivity index (χ1n) is 6.00. The lowest BCUT2D eigenvalue weighted by atomic mass is 9.99. The molecular formula is C13H17ClN2O3. The number of urea groups is 1. The average molecular weight is 285 g/mol. The molecule has 0 fully saturated rings. The normalized spacial score (nSPS) is 13.4. The van der Waals surface area contributed by atoms with Crippen LogP contribution in [0.15, 0.2) is 24.3 Å². The molecule has 3 N–H and O–H groups in total. The van der Waals surface area contributed by atoms with Crippen LogP contribution in [-0.4, -0.2) is 23.1 Å². The number of anilines is 1. The van der Waals surface area contributed by atoms with Crippen molar-refractivity contribution in [3.05, 3.63) is 29.3 Å². The number of hydrogen-bond acceptors (Lipinski definition) is 2. The largest absolute Gasteiger partial charge is 0.480 e. The fourth-order valence-electron chi connectivity index (χ4n) is 1.52. The number of carboxylic acids is 1. The molecule has 0 aliphatic carbocycles. The average Bonchev–Trinajstić information content (AvgIpc) is 2.37. The Morgan fingerprint density at radius 3 is 2.37 bits per heavy atom. The molecule has 0 saturated heterocycles. The highest BCUT2D eigenvalue weighted by molar-refractivity contribution is 6.30. The molecule has 0 saturated carbocycles. The Morgan fingerprint density at radius 1 is 1.32 bits per heavy atom. The van der Waals surface area contributed by atoms with Gasteiger partial charge in [-0.15, -0.1) is 0 Å². The van der Waals surface area contributed by atoms with E-state index in [0.29, 0.717) is 17.1 Å². The van der Waals surface area contributed by atoms with Crippen molar-refractivity contribution in [2.24, 2.45) is 5.92 Å². The molecule has 1 rings (SSSR count). The summed E-state index contributed by atoms with van der Waals surface area (Å²) in [7, 11) is 0. The number of hydrogen-bond donors (Lipinski definition) is 3. The molecule has 0 bridgehead atoms. The van der Waals surface area contributed by atoms with Crippen LogP contribution in [0.3, 0.4) is 0 Å². The molecule has 0 radical (unpaired) electrons. The van der Waals surface area contributed by atoms with Crippen molar-refractivity contribution in [1.82, 2.24) is 5.32 Å². The molecule has 1 aromatic rings. The molecule has 0 aromatic heterocycles. The number of amides is 2. The summed E-state index contributed by atoms with van der Waals surface area (Å²) in [4.78, 5) is 22.8. The van der Waals surface area contributed by atoms with Crippen molar-refractivity contribution >= 4 is 29.3 Å². The quantitative estimate of drug-likeness (QED) is 0.778. The highest BCUT2D eigenvalue weighted by atomic mass is 35.5. The molecule has 0 heterocycles. The number of carbonyl (C=O) groups is 2. The molecule has 1 aromatic carbocycles. The second kappa shape index (κ2) is 6.99. The van der Waals surface area contributed by atoms with Gasteiger partial charge in [-0.2, -0.15) is 0 Å². The van der Waals surface area contributed by atoms with E-state index < -0.39 is 18.0 Å². The van der Waals surface area contributed by atoms with E-state index in [1.54, 1.807) is 31.2 Å². The van der Waals surface area contributed by atoms with Crippen LogP contribution >= 0.6 is 11.6 Å². The minimum atomic E-state index is -1.04. The fraction of sp³-hybridized carbons (Fsp3) is 0.385. The van der Waals surface area contributed by atoms with Crippen LogP contribution in [0.2, 0.25) is 5.02 Å². The summed E-state index contributed by atoms with van der Waals surface area (Å²) in [6, 6.07) is 5.11. The summed E-state index contributed by atoms with van der Waals surface area (Å²) in [5, 5.41) is 14.6. The van der Waals surface area contributed by atoms with E-state index in [2.05, 4.69) is 10.6 Å². The van der Waals surface area contributed by atoms with E-state index in [-0.39, 0.29) is 5.92 Å². The standard InChI is InChI=1S/C13H17ClN2O3/c1-3-8(2)11(12(17)18)16-13(19)15-10-6-4-9(14)5-7-10/h4-8,11H,3H2,1-2H3,(H,17,18)(H2,15,16,19). The van der Waals surface area contributed by atoms with Crippen LogP contribution in [0, 0.1) is 5.92 Å². The molecule has 0 aliphatic heterocycles. The van der Waals surface area contributed by atoms with E-state index in [0.717, 1.165) is 0 Å². The minimum Gasteiger partial charge on any atom is -0.480 e. The molecule has 19 heavy (non-hydrogen) atoms. The van der Waals surface area contributed by atoms with Gasteiger partial charge in [-0.3, -0.25) is 0 Å². The van der Waals surface area contributed by atoms with Crippen molar-refractivity contribution in [2.45, 2.75) is 26.3 Å². The zero-order valence-electron chi connectivity index (χ0n) is 10.8. The summed E-state index contributed by atoms with van der Waals surface area (Å²) >= 11 is 5.73. The Bertz CT molecular complexity index is 448. The zero-order chi connectivity index (χ0) is 14.4. The van der Waals surface area contributed by atoms with Crippen molar-refractivity contribution < 1.29 is 14.7 Å². The summed E-state index contributed by atoms with van der Waals surface area (Å²) in [6.45, 7) is 3.65. The van der Waals surface area contributed by atoms with Crippen molar-refractivity contribution in [3.8, 4) is 0 Å². The van der Waals surface area contributed by atoms with Crippen molar-refractivity contribution in [3.63, 3.8) is 0 Å². The third-order valence-corrected chi connectivity index (χ3v) is 3.12. The smallest absolute Gasteiger partial charge is 0.326 e. The second-order valence-corrected chi connectivity index (χ2v) is 4.74. The van der Waals surface area contributed by atoms with Gasteiger partial charge in [0.25, 0.3) is 0 Å². The SMILES string of the molecule is CCC(C)C(NC(=O)Nc1ccc(Cl)cc1)C(=O)O. The van der Waals surface area contributed by atoms with E-state index in [1.807, 2.05) is 6.92 Å². The first kappa shape index (κ1) is 15.3. The van der Waals surface area contributed by atoms with Crippen LogP contribution in [-0.2, 0) is 4.79 Å². The lowest BCUT2D eigenvalue weighted by Crippen LogP contribution is -2.46. The number of halogens is 1. The van der Waals surface area contributed by atoms with Crippen molar-refractivity contribution in [1.29, 1.82) is 0 Å². The van der Waals surface area contributed by atoms with E-state index >= 15 is 0 Å². The molecular weight excluding hydrogens is 268 g/mol. The van der Waals surface area contributed by atoms with Gasteiger partial charge < -0.3 is 15.7 Å². The molecule has 2 amide bonds. The highest BCUT2D eigenvalue weighted by Gasteiger charge is 2.25. The maximum absolute atomic E-state index is 11.7. The van der Waals surface area contributed by atoms with Gasteiger partial charge in [0.1, 0.15) is 6.04 Å². The number of aliphatic carboxylic acids is 1. The maximum atomic E-state index is 11.7. The topological polar surface area (TPSA) is 78.4 Å². The van der Waals surface area contributed by atoms with Gasteiger partial charge in [0.05, 0.1) is 0 Å². The Balaban J connectivity index is 2.62. The molecule has 2 unspecified atom stereocenters. The molecule has 6 heteroatoms. The third-order valence-electron chi connectivity index (χ3n) is 2.87. The third kappa shape index (κ3) is 4.79. The minimum absolute atomic E-state index is 0.145. The highest BCUT2D eigenvalue weighted by Crippen LogP contribution is 2.13. The van der Waals surface area contributed by atoms with Gasteiger partial charge in [-0.1, -0.05) is 31.9 Å². The predicted octanol–water partition coefficient (Wildman–Crippen LogP) is 2.96. The molecule has 5 nitrogen and oxygen atoms in total. The van der Waals surface area contributed by atoms with Crippen molar-refractivity contribution in [2.75, 3.05) is 5.32 Å². The number of rotatable bonds is 5.